The van der Waals surface area contributed by atoms with E-state index in [1.54, 1.807) is 0 Å². The van der Waals surface area contributed by atoms with E-state index in [9.17, 15) is 0 Å². The summed E-state index contributed by atoms with van der Waals surface area (Å²) >= 11 is 9.18. The highest BCUT2D eigenvalue weighted by Crippen LogP contribution is 2.33. The molecule has 1 nitrogen and oxygen atoms in total. The lowest BCUT2D eigenvalue weighted by molar-refractivity contribution is 0.418. The smallest absolute Gasteiger partial charge is 0.137 e. The van der Waals surface area contributed by atoms with Gasteiger partial charge in [0, 0.05) is 17.2 Å². The number of nitrogens with zero attached hydrogens (tertiary/aromatic N) is 1. The molecule has 1 unspecified atom stereocenters. The van der Waals surface area contributed by atoms with Gasteiger partial charge in [0.25, 0.3) is 0 Å². The lowest BCUT2D eigenvalue weighted by atomic mass is 10.3. The quantitative estimate of drug-likeness (QED) is 0.587. The van der Waals surface area contributed by atoms with E-state index in [0.717, 1.165) is 16.6 Å². The van der Waals surface area contributed by atoms with Crippen LogP contribution >= 0.6 is 35.7 Å². The first-order chi connectivity index (χ1) is 8.31. The summed E-state index contributed by atoms with van der Waals surface area (Å²) in [5, 5.41) is 0.505. The van der Waals surface area contributed by atoms with Crippen LogP contribution in [-0.4, -0.2) is 26.9 Å². The molecule has 0 bridgehead atoms. The van der Waals surface area contributed by atoms with Crippen LogP contribution in [0.5, 0.6) is 0 Å². The Hall–Kier alpha value is -0.190. The van der Waals surface area contributed by atoms with Gasteiger partial charge in [0.05, 0.1) is 5.37 Å². The number of hydrogen-bond acceptors (Lipinski definition) is 3. The summed E-state index contributed by atoms with van der Waals surface area (Å²) in [5.74, 6) is 1.15. The maximum absolute atomic E-state index is 5.42. The number of thiocarbonyl (C=S) groups is 1. The average molecular weight is 283 g/mol. The van der Waals surface area contributed by atoms with Crippen LogP contribution in [0, 0.1) is 0 Å². The predicted octanol–water partition coefficient (Wildman–Crippen LogP) is 4.24. The van der Waals surface area contributed by atoms with Gasteiger partial charge in [0.1, 0.15) is 4.32 Å². The molecule has 0 spiro atoms. The van der Waals surface area contributed by atoms with Crippen molar-refractivity contribution >= 4 is 40.1 Å². The Kier molecular flexibility index (Phi) is 5.19. The topological polar surface area (TPSA) is 3.24 Å². The van der Waals surface area contributed by atoms with E-state index in [4.69, 9.17) is 12.2 Å². The fraction of sp³-hybridized carbons (Fsp3) is 0.462. The summed E-state index contributed by atoms with van der Waals surface area (Å²) < 4.78 is 1.08. The third kappa shape index (κ3) is 3.63. The van der Waals surface area contributed by atoms with Gasteiger partial charge < -0.3 is 4.90 Å². The van der Waals surface area contributed by atoms with Crippen molar-refractivity contribution in [3.05, 3.63) is 30.3 Å². The van der Waals surface area contributed by atoms with Crippen LogP contribution in [0.25, 0.3) is 0 Å². The lowest BCUT2D eigenvalue weighted by Crippen LogP contribution is -2.32. The Morgan fingerprint density at radius 3 is 2.76 bits per heavy atom. The fourth-order valence-corrected chi connectivity index (χ4v) is 4.62. The first-order valence-corrected chi connectivity index (χ1v) is 8.23. The minimum atomic E-state index is 0.505. The predicted molar refractivity (Wildman–Crippen MR) is 82.8 cm³/mol. The van der Waals surface area contributed by atoms with Crippen molar-refractivity contribution in [1.82, 2.24) is 4.90 Å². The molecule has 1 aliphatic heterocycles. The molecule has 4 heteroatoms. The highest BCUT2D eigenvalue weighted by molar-refractivity contribution is 8.23. The lowest BCUT2D eigenvalue weighted by Gasteiger charge is -2.28. The van der Waals surface area contributed by atoms with E-state index in [0.29, 0.717) is 5.37 Å². The summed E-state index contributed by atoms with van der Waals surface area (Å²) in [7, 11) is 0. The van der Waals surface area contributed by atoms with Crippen LogP contribution in [0.3, 0.4) is 0 Å². The monoisotopic (exact) mass is 283 g/mol. The van der Waals surface area contributed by atoms with Gasteiger partial charge in [0.2, 0.25) is 0 Å². The van der Waals surface area contributed by atoms with Crippen molar-refractivity contribution in [1.29, 1.82) is 0 Å². The van der Waals surface area contributed by atoms with E-state index in [-0.39, 0.29) is 0 Å². The molecule has 0 radical (unpaired) electrons. The van der Waals surface area contributed by atoms with E-state index in [1.165, 1.54) is 17.7 Å². The molecule has 0 amide bonds. The van der Waals surface area contributed by atoms with Crippen LogP contribution in [0.15, 0.2) is 35.2 Å². The van der Waals surface area contributed by atoms with Crippen molar-refractivity contribution in [3.63, 3.8) is 0 Å². The second-order valence-corrected chi connectivity index (χ2v) is 6.96. The van der Waals surface area contributed by atoms with Crippen LogP contribution in [0.2, 0.25) is 0 Å². The van der Waals surface area contributed by atoms with E-state index < -0.39 is 0 Å². The molecular formula is C13H17NS3. The van der Waals surface area contributed by atoms with Crippen molar-refractivity contribution in [2.45, 2.75) is 30.0 Å². The van der Waals surface area contributed by atoms with Crippen LogP contribution in [-0.2, 0) is 0 Å². The summed E-state index contributed by atoms with van der Waals surface area (Å²) in [6.07, 6.45) is 2.40. The number of rotatable bonds is 5. The first-order valence-electron chi connectivity index (χ1n) is 5.96. The van der Waals surface area contributed by atoms with Gasteiger partial charge in [-0.2, -0.15) is 0 Å². The van der Waals surface area contributed by atoms with Gasteiger partial charge in [-0.3, -0.25) is 0 Å². The van der Waals surface area contributed by atoms with Gasteiger partial charge in [-0.05, 0) is 18.6 Å². The maximum Gasteiger partial charge on any atom is 0.137 e. The minimum Gasteiger partial charge on any atom is -0.344 e. The first kappa shape index (κ1) is 13.2. The van der Waals surface area contributed by atoms with E-state index >= 15 is 0 Å². The third-order valence-corrected chi connectivity index (χ3v) is 5.45. The Labute approximate surface area is 117 Å². The van der Waals surface area contributed by atoms with Gasteiger partial charge in [-0.15, -0.1) is 11.8 Å². The standard InChI is InChI=1S/C13H17NS3/c1-2-6-12(14-9-10-16-13(14)15)17-11-7-4-3-5-8-11/h3-5,7-8,12H,2,6,9-10H2,1H3. The highest BCUT2D eigenvalue weighted by Gasteiger charge is 2.25. The number of hydrogen-bond donors (Lipinski definition) is 0. The second kappa shape index (κ2) is 6.66. The summed E-state index contributed by atoms with van der Waals surface area (Å²) in [6, 6.07) is 10.6. The van der Waals surface area contributed by atoms with Crippen LogP contribution in [0.1, 0.15) is 19.8 Å². The summed E-state index contributed by atoms with van der Waals surface area (Å²) in [6.45, 7) is 3.35. The molecule has 0 aliphatic carbocycles. The van der Waals surface area contributed by atoms with Gasteiger partial charge in [0.15, 0.2) is 0 Å². The zero-order valence-corrected chi connectivity index (χ0v) is 12.4. The second-order valence-electron chi connectivity index (χ2n) is 3.98. The summed E-state index contributed by atoms with van der Waals surface area (Å²) in [5.41, 5.74) is 0. The van der Waals surface area contributed by atoms with Gasteiger partial charge in [-0.25, -0.2) is 0 Å². The molecule has 92 valence electrons. The van der Waals surface area contributed by atoms with Crippen molar-refractivity contribution in [2.75, 3.05) is 12.3 Å². The van der Waals surface area contributed by atoms with Crippen LogP contribution in [0.4, 0.5) is 0 Å². The molecule has 1 heterocycles. The van der Waals surface area contributed by atoms with Gasteiger partial charge in [-0.1, -0.05) is 55.5 Å². The molecule has 0 saturated carbocycles. The number of thioether (sulfide) groups is 2. The van der Waals surface area contributed by atoms with E-state index in [1.807, 2.05) is 23.5 Å². The molecule has 1 fully saturated rings. The van der Waals surface area contributed by atoms with Crippen molar-refractivity contribution in [3.8, 4) is 0 Å². The molecule has 1 aromatic rings. The zero-order valence-electron chi connectivity index (χ0n) is 9.96. The van der Waals surface area contributed by atoms with Crippen LogP contribution < -0.4 is 0 Å². The normalized spacial score (nSPS) is 17.5. The minimum absolute atomic E-state index is 0.505. The van der Waals surface area contributed by atoms with Gasteiger partial charge >= 0.3 is 0 Å². The summed E-state index contributed by atoms with van der Waals surface area (Å²) in [4.78, 5) is 3.73. The highest BCUT2D eigenvalue weighted by atomic mass is 32.2. The molecule has 0 N–H and O–H groups in total. The fourth-order valence-electron chi connectivity index (χ4n) is 1.85. The molecule has 1 atom stereocenters. The Morgan fingerprint density at radius 2 is 2.18 bits per heavy atom. The Morgan fingerprint density at radius 1 is 1.41 bits per heavy atom. The average Bonchev–Trinajstić information content (AvgIpc) is 2.76. The molecule has 2 rings (SSSR count). The molecule has 1 saturated heterocycles. The largest absolute Gasteiger partial charge is 0.344 e. The zero-order chi connectivity index (χ0) is 12.1. The Bertz CT molecular complexity index is 366. The number of benzene rings is 1. The molecule has 1 aliphatic rings. The van der Waals surface area contributed by atoms with E-state index in [2.05, 4.69) is 42.2 Å². The van der Waals surface area contributed by atoms with Crippen molar-refractivity contribution in [2.24, 2.45) is 0 Å². The SMILES string of the molecule is CCCC(Sc1ccccc1)N1CCSC1=S. The molecule has 0 aromatic heterocycles. The molecule has 1 aromatic carbocycles. The van der Waals surface area contributed by atoms with Crippen molar-refractivity contribution < 1.29 is 0 Å². The third-order valence-electron chi connectivity index (χ3n) is 2.69. The molecular weight excluding hydrogens is 266 g/mol. The maximum atomic E-state index is 5.42. The molecule has 17 heavy (non-hydrogen) atoms. The Balaban J connectivity index is 2.04.